The maximum atomic E-state index is 10.3. The lowest BCUT2D eigenvalue weighted by atomic mass is 10.3. The number of hydrogen-bond donors (Lipinski definition) is 1. The van der Waals surface area contributed by atoms with Crippen LogP contribution in [0.4, 0.5) is 0 Å². The maximum Gasteiger partial charge on any atom is 0.305 e. The molecule has 0 spiro atoms. The molecule has 0 bridgehead atoms. The van der Waals surface area contributed by atoms with Gasteiger partial charge in [0, 0.05) is 6.42 Å². The van der Waals surface area contributed by atoms with Gasteiger partial charge in [-0.05, 0) is 16.8 Å². The van der Waals surface area contributed by atoms with Gasteiger partial charge in [-0.15, -0.1) is 5.10 Å². The van der Waals surface area contributed by atoms with Gasteiger partial charge in [0.05, 0.1) is 13.0 Å². The summed E-state index contributed by atoms with van der Waals surface area (Å²) in [6.45, 7) is 2.37. The molecule has 1 aromatic rings. The number of aryl methyl sites for hydroxylation is 2. The molecular weight excluding hydrogens is 172 g/mol. The minimum absolute atomic E-state index is 0.0573. The molecular formula is C7H12N4O2. The lowest BCUT2D eigenvalue weighted by Crippen LogP contribution is -2.09. The Kier molecular flexibility index (Phi) is 3.36. The van der Waals surface area contributed by atoms with Crippen LogP contribution in [0, 0.1) is 0 Å². The number of aliphatic carboxylic acids is 1. The minimum atomic E-state index is -0.835. The van der Waals surface area contributed by atoms with Crippen LogP contribution < -0.4 is 0 Å². The van der Waals surface area contributed by atoms with Crippen LogP contribution in [-0.4, -0.2) is 31.3 Å². The Hall–Kier alpha value is -1.46. The molecule has 0 amide bonds. The van der Waals surface area contributed by atoms with Crippen molar-refractivity contribution in [3.8, 4) is 0 Å². The third-order valence-corrected chi connectivity index (χ3v) is 1.62. The van der Waals surface area contributed by atoms with E-state index < -0.39 is 5.97 Å². The number of aromatic nitrogens is 4. The normalized spacial score (nSPS) is 10.2. The minimum Gasteiger partial charge on any atom is -0.481 e. The molecule has 1 heterocycles. The van der Waals surface area contributed by atoms with Crippen molar-refractivity contribution in [2.75, 3.05) is 0 Å². The zero-order chi connectivity index (χ0) is 9.68. The number of carboxylic acids is 1. The van der Waals surface area contributed by atoms with E-state index in [0.717, 1.165) is 18.7 Å². The van der Waals surface area contributed by atoms with Gasteiger partial charge < -0.3 is 5.11 Å². The predicted octanol–water partition coefficient (Wildman–Crippen LogP) is 0.100. The van der Waals surface area contributed by atoms with E-state index in [1.165, 1.54) is 4.68 Å². The molecule has 0 aliphatic heterocycles. The van der Waals surface area contributed by atoms with Crippen molar-refractivity contribution in [3.05, 3.63) is 5.82 Å². The van der Waals surface area contributed by atoms with Crippen molar-refractivity contribution >= 4 is 5.97 Å². The van der Waals surface area contributed by atoms with E-state index in [0.29, 0.717) is 6.54 Å². The quantitative estimate of drug-likeness (QED) is 0.701. The van der Waals surface area contributed by atoms with Gasteiger partial charge in [0.1, 0.15) is 0 Å². The Bertz CT molecular complexity index is 284. The van der Waals surface area contributed by atoms with Gasteiger partial charge in [-0.25, -0.2) is 4.68 Å². The van der Waals surface area contributed by atoms with E-state index in [4.69, 9.17) is 5.11 Å². The lowest BCUT2D eigenvalue weighted by Gasteiger charge is -1.99. The van der Waals surface area contributed by atoms with Gasteiger partial charge in [0.2, 0.25) is 0 Å². The molecule has 0 aliphatic carbocycles. The first-order chi connectivity index (χ1) is 6.24. The monoisotopic (exact) mass is 184 g/mol. The van der Waals surface area contributed by atoms with Crippen LogP contribution in [0.5, 0.6) is 0 Å². The maximum absolute atomic E-state index is 10.3. The van der Waals surface area contributed by atoms with Gasteiger partial charge in [-0.2, -0.15) is 0 Å². The number of carboxylic acid groups (broad SMARTS) is 1. The lowest BCUT2D eigenvalue weighted by molar-refractivity contribution is -0.137. The summed E-state index contributed by atoms with van der Waals surface area (Å²) in [6.07, 6.45) is 1.79. The second-order valence-electron chi connectivity index (χ2n) is 2.71. The van der Waals surface area contributed by atoms with Crippen molar-refractivity contribution in [2.24, 2.45) is 0 Å². The molecule has 1 aromatic heterocycles. The molecule has 0 unspecified atom stereocenters. The number of rotatable bonds is 5. The van der Waals surface area contributed by atoms with Crippen molar-refractivity contribution in [1.29, 1.82) is 0 Å². The highest BCUT2D eigenvalue weighted by Gasteiger charge is 2.05. The fourth-order valence-corrected chi connectivity index (χ4v) is 1.00. The molecule has 0 saturated heterocycles. The van der Waals surface area contributed by atoms with E-state index in [-0.39, 0.29) is 6.42 Å². The van der Waals surface area contributed by atoms with Gasteiger partial charge in [0.25, 0.3) is 0 Å². The number of hydrogen-bond acceptors (Lipinski definition) is 4. The summed E-state index contributed by atoms with van der Waals surface area (Å²) in [5.74, 6) is -0.0818. The highest BCUT2D eigenvalue weighted by Crippen LogP contribution is 1.97. The SMILES string of the molecule is CCCc1nnnn1CCC(=O)O. The average molecular weight is 184 g/mol. The molecule has 72 valence electrons. The molecule has 0 aliphatic rings. The number of nitrogens with zero attached hydrogens (tertiary/aromatic N) is 4. The average Bonchev–Trinajstić information content (AvgIpc) is 2.49. The van der Waals surface area contributed by atoms with Gasteiger partial charge in [0.15, 0.2) is 5.82 Å². The Morgan fingerprint density at radius 3 is 3.00 bits per heavy atom. The Labute approximate surface area is 75.6 Å². The predicted molar refractivity (Wildman–Crippen MR) is 44.1 cm³/mol. The van der Waals surface area contributed by atoms with E-state index >= 15 is 0 Å². The summed E-state index contributed by atoms with van der Waals surface area (Å²) in [5.41, 5.74) is 0. The van der Waals surface area contributed by atoms with Crippen molar-refractivity contribution in [2.45, 2.75) is 32.7 Å². The fourth-order valence-electron chi connectivity index (χ4n) is 1.00. The topological polar surface area (TPSA) is 80.9 Å². The van der Waals surface area contributed by atoms with Crippen LogP contribution in [0.1, 0.15) is 25.6 Å². The molecule has 0 aromatic carbocycles. The molecule has 0 atom stereocenters. The van der Waals surface area contributed by atoms with Crippen LogP contribution >= 0.6 is 0 Å². The first-order valence-electron chi connectivity index (χ1n) is 4.21. The van der Waals surface area contributed by atoms with Crippen LogP contribution in [0.3, 0.4) is 0 Å². The molecule has 6 heteroatoms. The van der Waals surface area contributed by atoms with Crippen molar-refractivity contribution < 1.29 is 9.90 Å². The number of tetrazole rings is 1. The summed E-state index contributed by atoms with van der Waals surface area (Å²) in [7, 11) is 0. The Morgan fingerprint density at radius 2 is 2.38 bits per heavy atom. The first kappa shape index (κ1) is 9.63. The van der Waals surface area contributed by atoms with E-state index in [9.17, 15) is 4.79 Å². The van der Waals surface area contributed by atoms with Gasteiger partial charge in [-0.1, -0.05) is 6.92 Å². The Balaban J connectivity index is 2.54. The van der Waals surface area contributed by atoms with Crippen molar-refractivity contribution in [3.63, 3.8) is 0 Å². The molecule has 13 heavy (non-hydrogen) atoms. The first-order valence-corrected chi connectivity index (χ1v) is 4.21. The molecule has 0 radical (unpaired) electrons. The number of carbonyl (C=O) groups is 1. The summed E-state index contributed by atoms with van der Waals surface area (Å²) in [5, 5.41) is 19.4. The second kappa shape index (κ2) is 4.54. The second-order valence-corrected chi connectivity index (χ2v) is 2.71. The molecule has 0 fully saturated rings. The van der Waals surface area contributed by atoms with Gasteiger partial charge >= 0.3 is 5.97 Å². The highest BCUT2D eigenvalue weighted by atomic mass is 16.4. The summed E-state index contributed by atoms with van der Waals surface area (Å²) >= 11 is 0. The van der Waals surface area contributed by atoms with E-state index in [1.807, 2.05) is 6.92 Å². The summed E-state index contributed by atoms with van der Waals surface area (Å²) in [4.78, 5) is 10.3. The summed E-state index contributed by atoms with van der Waals surface area (Å²) in [6, 6.07) is 0. The molecule has 1 N–H and O–H groups in total. The zero-order valence-electron chi connectivity index (χ0n) is 7.47. The van der Waals surface area contributed by atoms with Gasteiger partial charge in [-0.3, -0.25) is 4.79 Å². The fraction of sp³-hybridized carbons (Fsp3) is 0.714. The molecule has 1 rings (SSSR count). The van der Waals surface area contributed by atoms with Crippen LogP contribution in [0.15, 0.2) is 0 Å². The third kappa shape index (κ3) is 2.81. The zero-order valence-corrected chi connectivity index (χ0v) is 7.47. The van der Waals surface area contributed by atoms with Crippen molar-refractivity contribution in [1.82, 2.24) is 20.2 Å². The van der Waals surface area contributed by atoms with Crippen LogP contribution in [0.2, 0.25) is 0 Å². The smallest absolute Gasteiger partial charge is 0.305 e. The van der Waals surface area contributed by atoms with E-state index in [2.05, 4.69) is 15.5 Å². The Morgan fingerprint density at radius 1 is 1.62 bits per heavy atom. The standard InChI is InChI=1S/C7H12N4O2/c1-2-3-6-8-9-10-11(6)5-4-7(12)13/h2-5H2,1H3,(H,12,13). The van der Waals surface area contributed by atoms with E-state index in [1.54, 1.807) is 0 Å². The highest BCUT2D eigenvalue weighted by molar-refractivity contribution is 5.66. The molecule has 6 nitrogen and oxygen atoms in total. The summed E-state index contributed by atoms with van der Waals surface area (Å²) < 4.78 is 1.54. The largest absolute Gasteiger partial charge is 0.481 e. The van der Waals surface area contributed by atoms with Crippen LogP contribution in [0.25, 0.3) is 0 Å². The third-order valence-electron chi connectivity index (χ3n) is 1.62. The molecule has 0 saturated carbocycles. The van der Waals surface area contributed by atoms with Crippen LogP contribution in [-0.2, 0) is 17.8 Å².